The Bertz CT molecular complexity index is 382. The lowest BCUT2D eigenvalue weighted by Crippen LogP contribution is -2.09. The third-order valence-electron chi connectivity index (χ3n) is 3.58. The van der Waals surface area contributed by atoms with Crippen LogP contribution in [0.3, 0.4) is 0 Å². The van der Waals surface area contributed by atoms with Crippen LogP contribution in [-0.2, 0) is 6.42 Å². The maximum atomic E-state index is 9.92. The van der Waals surface area contributed by atoms with Crippen LogP contribution >= 0.6 is 0 Å². The van der Waals surface area contributed by atoms with Crippen LogP contribution < -0.4 is 4.74 Å². The molecular formula is C14H18O2. The molecule has 0 spiro atoms. The molecule has 0 radical (unpaired) electrons. The van der Waals surface area contributed by atoms with E-state index in [4.69, 9.17) is 4.74 Å². The lowest BCUT2D eigenvalue weighted by atomic mass is 9.89. The number of aryl methyl sites for hydroxylation is 1. The molecule has 0 unspecified atom stereocenters. The van der Waals surface area contributed by atoms with Crippen molar-refractivity contribution >= 4 is 0 Å². The van der Waals surface area contributed by atoms with Crippen LogP contribution in [0.25, 0.3) is 0 Å². The standard InChI is InChI=1S/C14H18O2/c15-14-3-1-2-11-6-7-12(8-13(11)14)16-9-10-4-5-10/h6-8,10,14-15H,1-5,9H2/t14-/m0/s1. The fourth-order valence-electron chi connectivity index (χ4n) is 2.34. The maximum Gasteiger partial charge on any atom is 0.119 e. The van der Waals surface area contributed by atoms with E-state index in [0.29, 0.717) is 0 Å². The second-order valence-corrected chi connectivity index (χ2v) is 5.02. The molecule has 0 heterocycles. The molecule has 0 saturated heterocycles. The molecule has 2 nitrogen and oxygen atoms in total. The van der Waals surface area contributed by atoms with Gasteiger partial charge in [-0.25, -0.2) is 0 Å². The Morgan fingerprint density at radius 2 is 2.12 bits per heavy atom. The SMILES string of the molecule is O[C@H]1CCCc2ccc(OCC3CC3)cc21. The number of aliphatic hydroxyl groups is 1. The lowest BCUT2D eigenvalue weighted by Gasteiger charge is -2.21. The van der Waals surface area contributed by atoms with Gasteiger partial charge in [-0.3, -0.25) is 0 Å². The fraction of sp³-hybridized carbons (Fsp3) is 0.571. The second kappa shape index (κ2) is 4.10. The van der Waals surface area contributed by atoms with Gasteiger partial charge in [0.2, 0.25) is 0 Å². The van der Waals surface area contributed by atoms with E-state index in [9.17, 15) is 5.11 Å². The summed E-state index contributed by atoms with van der Waals surface area (Å²) >= 11 is 0. The minimum absolute atomic E-state index is 0.284. The first-order valence-electron chi connectivity index (χ1n) is 6.26. The summed E-state index contributed by atoms with van der Waals surface area (Å²) in [6, 6.07) is 6.18. The molecule has 1 aromatic carbocycles. The Kier molecular flexibility index (Phi) is 2.60. The quantitative estimate of drug-likeness (QED) is 0.845. The number of hydrogen-bond donors (Lipinski definition) is 1. The first kappa shape index (κ1) is 10.2. The summed E-state index contributed by atoms with van der Waals surface area (Å²) in [5.74, 6) is 1.70. The summed E-state index contributed by atoms with van der Waals surface area (Å²) in [6.07, 6.45) is 5.42. The van der Waals surface area contributed by atoms with Crippen LogP contribution in [0.4, 0.5) is 0 Å². The molecule has 86 valence electrons. The summed E-state index contributed by atoms with van der Waals surface area (Å²) < 4.78 is 5.73. The summed E-state index contributed by atoms with van der Waals surface area (Å²) in [5.41, 5.74) is 2.37. The van der Waals surface area contributed by atoms with Gasteiger partial charge in [-0.15, -0.1) is 0 Å². The molecular weight excluding hydrogens is 200 g/mol. The van der Waals surface area contributed by atoms with Crippen molar-refractivity contribution in [1.29, 1.82) is 0 Å². The number of fused-ring (bicyclic) bond motifs is 1. The lowest BCUT2D eigenvalue weighted by molar-refractivity contribution is 0.156. The van der Waals surface area contributed by atoms with Crippen LogP contribution in [-0.4, -0.2) is 11.7 Å². The summed E-state index contributed by atoms with van der Waals surface area (Å²) in [6.45, 7) is 0.842. The minimum atomic E-state index is -0.284. The molecule has 0 amide bonds. The molecule has 1 saturated carbocycles. The summed E-state index contributed by atoms with van der Waals surface area (Å²) in [4.78, 5) is 0. The van der Waals surface area contributed by atoms with Crippen molar-refractivity contribution in [1.82, 2.24) is 0 Å². The molecule has 2 aliphatic carbocycles. The highest BCUT2D eigenvalue weighted by Crippen LogP contribution is 2.33. The Labute approximate surface area is 96.2 Å². The van der Waals surface area contributed by atoms with E-state index < -0.39 is 0 Å². The highest BCUT2D eigenvalue weighted by molar-refractivity contribution is 5.38. The van der Waals surface area contributed by atoms with Crippen molar-refractivity contribution in [2.24, 2.45) is 5.92 Å². The Morgan fingerprint density at radius 3 is 2.94 bits per heavy atom. The molecule has 0 aliphatic heterocycles. The highest BCUT2D eigenvalue weighted by atomic mass is 16.5. The van der Waals surface area contributed by atoms with E-state index in [2.05, 4.69) is 6.07 Å². The number of ether oxygens (including phenoxy) is 1. The number of benzene rings is 1. The number of hydrogen-bond acceptors (Lipinski definition) is 2. The van der Waals surface area contributed by atoms with Gasteiger partial charge in [0.05, 0.1) is 12.7 Å². The normalized spacial score (nSPS) is 23.9. The van der Waals surface area contributed by atoms with Gasteiger partial charge in [0, 0.05) is 0 Å². The van der Waals surface area contributed by atoms with Gasteiger partial charge < -0.3 is 9.84 Å². The number of rotatable bonds is 3. The van der Waals surface area contributed by atoms with Gasteiger partial charge in [0.1, 0.15) is 5.75 Å². The van der Waals surface area contributed by atoms with Crippen molar-refractivity contribution in [3.63, 3.8) is 0 Å². The molecule has 1 aromatic rings. The zero-order valence-electron chi connectivity index (χ0n) is 9.48. The van der Waals surface area contributed by atoms with E-state index in [0.717, 1.165) is 43.1 Å². The van der Waals surface area contributed by atoms with Gasteiger partial charge >= 0.3 is 0 Å². The molecule has 1 fully saturated rings. The van der Waals surface area contributed by atoms with Crippen LogP contribution in [0.2, 0.25) is 0 Å². The summed E-state index contributed by atoms with van der Waals surface area (Å²) in [7, 11) is 0. The molecule has 0 bridgehead atoms. The van der Waals surface area contributed by atoms with Gasteiger partial charge in [0.25, 0.3) is 0 Å². The molecule has 3 rings (SSSR count). The fourth-order valence-corrected chi connectivity index (χ4v) is 2.34. The molecule has 2 aliphatic rings. The molecule has 2 heteroatoms. The summed E-state index contributed by atoms with van der Waals surface area (Å²) in [5, 5.41) is 9.92. The molecule has 16 heavy (non-hydrogen) atoms. The van der Waals surface area contributed by atoms with Crippen LogP contribution in [0, 0.1) is 5.92 Å². The predicted octanol–water partition coefficient (Wildman–Crippen LogP) is 2.85. The molecule has 0 aromatic heterocycles. The third-order valence-corrected chi connectivity index (χ3v) is 3.58. The van der Waals surface area contributed by atoms with E-state index >= 15 is 0 Å². The smallest absolute Gasteiger partial charge is 0.119 e. The van der Waals surface area contributed by atoms with Gasteiger partial charge in [-0.2, -0.15) is 0 Å². The average Bonchev–Trinajstić information content (AvgIpc) is 3.11. The van der Waals surface area contributed by atoms with Gasteiger partial charge in [-0.05, 0) is 61.3 Å². The van der Waals surface area contributed by atoms with Crippen LogP contribution in [0.1, 0.15) is 42.9 Å². The average molecular weight is 218 g/mol. The molecule has 1 atom stereocenters. The van der Waals surface area contributed by atoms with Crippen LogP contribution in [0.15, 0.2) is 18.2 Å². The zero-order chi connectivity index (χ0) is 11.0. The van der Waals surface area contributed by atoms with E-state index in [1.165, 1.54) is 18.4 Å². The van der Waals surface area contributed by atoms with Crippen molar-refractivity contribution in [2.75, 3.05) is 6.61 Å². The molecule has 1 N–H and O–H groups in total. The van der Waals surface area contributed by atoms with Crippen molar-refractivity contribution in [2.45, 2.75) is 38.2 Å². The van der Waals surface area contributed by atoms with Crippen molar-refractivity contribution in [3.05, 3.63) is 29.3 Å². The first-order chi connectivity index (χ1) is 7.83. The largest absolute Gasteiger partial charge is 0.493 e. The zero-order valence-corrected chi connectivity index (χ0v) is 9.48. The Hall–Kier alpha value is -1.02. The second-order valence-electron chi connectivity index (χ2n) is 5.02. The monoisotopic (exact) mass is 218 g/mol. The Morgan fingerprint density at radius 1 is 1.25 bits per heavy atom. The van der Waals surface area contributed by atoms with E-state index in [-0.39, 0.29) is 6.10 Å². The van der Waals surface area contributed by atoms with Crippen LogP contribution in [0.5, 0.6) is 5.75 Å². The topological polar surface area (TPSA) is 29.5 Å². The number of aliphatic hydroxyl groups excluding tert-OH is 1. The first-order valence-corrected chi connectivity index (χ1v) is 6.26. The van der Waals surface area contributed by atoms with Gasteiger partial charge in [0.15, 0.2) is 0 Å². The predicted molar refractivity (Wildman–Crippen MR) is 62.6 cm³/mol. The maximum absolute atomic E-state index is 9.92. The minimum Gasteiger partial charge on any atom is -0.493 e. The Balaban J connectivity index is 1.76. The van der Waals surface area contributed by atoms with E-state index in [1.807, 2.05) is 12.1 Å². The van der Waals surface area contributed by atoms with Crippen molar-refractivity contribution < 1.29 is 9.84 Å². The van der Waals surface area contributed by atoms with E-state index in [1.54, 1.807) is 0 Å². The highest BCUT2D eigenvalue weighted by Gasteiger charge is 2.23. The third kappa shape index (κ3) is 2.07. The van der Waals surface area contributed by atoms with Gasteiger partial charge in [-0.1, -0.05) is 6.07 Å². The van der Waals surface area contributed by atoms with Crippen molar-refractivity contribution in [3.8, 4) is 5.75 Å².